The molecule has 1 N–H and O–H groups in total. The molecule has 0 unspecified atom stereocenters. The monoisotopic (exact) mass is 573 g/mol. The Labute approximate surface area is 257 Å². The van der Waals surface area contributed by atoms with Crippen molar-refractivity contribution in [2.24, 2.45) is 0 Å². The van der Waals surface area contributed by atoms with E-state index >= 15 is 0 Å². The highest BCUT2D eigenvalue weighted by Gasteiger charge is 2.45. The van der Waals surface area contributed by atoms with Gasteiger partial charge in [0, 0.05) is 47.5 Å². The van der Waals surface area contributed by atoms with E-state index in [4.69, 9.17) is 0 Å². The third kappa shape index (κ3) is 4.06. The first-order valence-corrected chi connectivity index (χ1v) is 15.0. The van der Waals surface area contributed by atoms with Gasteiger partial charge in [-0.2, -0.15) is 4.58 Å². The number of fused-ring (bicyclic) bond motifs is 2. The normalized spacial score (nSPS) is 16.6. The SMILES string of the molecule is C/C=C/c1ccc(-n2c(C)c(C3=C(O)/C(=C4/C(C)=[N+](c5ccc(/C=C/C)cc5)c5ccccc54)C3=O)c3ccccc32)cc1. The van der Waals surface area contributed by atoms with E-state index in [9.17, 15) is 9.90 Å². The van der Waals surface area contributed by atoms with E-state index < -0.39 is 0 Å². The number of benzene rings is 4. The van der Waals surface area contributed by atoms with Gasteiger partial charge in [-0.25, -0.2) is 0 Å². The molecule has 1 aliphatic heterocycles. The molecule has 4 aromatic carbocycles. The molecule has 1 aliphatic carbocycles. The van der Waals surface area contributed by atoms with Crippen LogP contribution in [0, 0.1) is 6.92 Å². The fourth-order valence-electron chi connectivity index (χ4n) is 6.75. The highest BCUT2D eigenvalue weighted by molar-refractivity contribution is 6.48. The van der Waals surface area contributed by atoms with Crippen LogP contribution >= 0.6 is 0 Å². The van der Waals surface area contributed by atoms with Crippen molar-refractivity contribution in [3.05, 3.63) is 148 Å². The average molecular weight is 574 g/mol. The molecular formula is C40H33N2O2+. The lowest BCUT2D eigenvalue weighted by molar-refractivity contribution is -0.111. The van der Waals surface area contributed by atoms with Crippen molar-refractivity contribution in [3.63, 3.8) is 0 Å². The van der Waals surface area contributed by atoms with E-state index in [1.807, 2.05) is 76.2 Å². The Morgan fingerprint density at radius 1 is 0.705 bits per heavy atom. The summed E-state index contributed by atoms with van der Waals surface area (Å²) in [5.74, 6) is -0.0785. The molecule has 4 nitrogen and oxygen atoms in total. The van der Waals surface area contributed by atoms with Crippen LogP contribution in [0.1, 0.15) is 48.7 Å². The van der Waals surface area contributed by atoms with Crippen molar-refractivity contribution in [2.45, 2.75) is 27.7 Å². The number of aromatic nitrogens is 1. The quantitative estimate of drug-likeness (QED) is 0.168. The van der Waals surface area contributed by atoms with Crippen LogP contribution in [0.15, 0.2) is 121 Å². The highest BCUT2D eigenvalue weighted by Crippen LogP contribution is 2.48. The van der Waals surface area contributed by atoms with Crippen molar-refractivity contribution >= 4 is 57.1 Å². The van der Waals surface area contributed by atoms with Gasteiger partial charge in [0.05, 0.1) is 27.8 Å². The molecule has 0 bridgehead atoms. The lowest BCUT2D eigenvalue weighted by atomic mass is 9.78. The number of hydrogen-bond acceptors (Lipinski definition) is 2. The van der Waals surface area contributed by atoms with Crippen LogP contribution in [0.4, 0.5) is 11.4 Å². The first kappa shape index (κ1) is 27.4. The summed E-state index contributed by atoms with van der Waals surface area (Å²) in [5, 5.41) is 12.7. The van der Waals surface area contributed by atoms with Crippen LogP contribution in [0.2, 0.25) is 0 Å². The van der Waals surface area contributed by atoms with Crippen LogP contribution in [0.3, 0.4) is 0 Å². The van der Waals surface area contributed by atoms with E-state index in [1.165, 1.54) is 0 Å². The van der Waals surface area contributed by atoms with Crippen LogP contribution in [-0.4, -0.2) is 21.2 Å². The summed E-state index contributed by atoms with van der Waals surface area (Å²) in [6, 6.07) is 32.9. The Balaban J connectivity index is 1.41. The molecule has 0 radical (unpaired) electrons. The number of carbonyl (C=O) groups is 1. The van der Waals surface area contributed by atoms with Gasteiger partial charge in [-0.1, -0.05) is 66.8 Å². The largest absolute Gasteiger partial charge is 0.506 e. The Morgan fingerprint density at radius 2 is 1.32 bits per heavy atom. The van der Waals surface area contributed by atoms with E-state index in [0.29, 0.717) is 11.1 Å². The third-order valence-corrected chi connectivity index (χ3v) is 8.67. The topological polar surface area (TPSA) is 45.2 Å². The number of hydrogen-bond donors (Lipinski definition) is 1. The van der Waals surface area contributed by atoms with Gasteiger partial charge in [0.25, 0.3) is 0 Å². The lowest BCUT2D eigenvalue weighted by Gasteiger charge is -2.23. The molecule has 0 fully saturated rings. The molecule has 7 rings (SSSR count). The lowest BCUT2D eigenvalue weighted by Crippen LogP contribution is -2.24. The average Bonchev–Trinajstić information content (AvgIpc) is 3.49. The van der Waals surface area contributed by atoms with Crippen molar-refractivity contribution in [1.82, 2.24) is 9.14 Å². The molecule has 4 heteroatoms. The zero-order valence-electron chi connectivity index (χ0n) is 25.3. The molecular weight excluding hydrogens is 540 g/mol. The predicted molar refractivity (Wildman–Crippen MR) is 184 cm³/mol. The van der Waals surface area contributed by atoms with Gasteiger partial charge in [0.2, 0.25) is 17.2 Å². The van der Waals surface area contributed by atoms with Crippen molar-refractivity contribution < 1.29 is 9.90 Å². The van der Waals surface area contributed by atoms with E-state index in [2.05, 4.69) is 82.0 Å². The second-order valence-electron chi connectivity index (χ2n) is 11.2. The number of allylic oxidation sites excluding steroid dienone is 5. The summed E-state index contributed by atoms with van der Waals surface area (Å²) < 4.78 is 4.34. The Kier molecular flexibility index (Phi) is 6.63. The highest BCUT2D eigenvalue weighted by atomic mass is 16.3. The summed E-state index contributed by atoms with van der Waals surface area (Å²) in [4.78, 5) is 14.2. The number of Topliss-reactive ketones (excluding diaryl/α,β-unsaturated/α-hetero) is 1. The van der Waals surface area contributed by atoms with E-state index in [0.717, 1.165) is 67.2 Å². The third-order valence-electron chi connectivity index (χ3n) is 8.67. The number of para-hydroxylation sites is 2. The fraction of sp³-hybridized carbons (Fsp3) is 0.100. The Morgan fingerprint density at radius 3 is 1.98 bits per heavy atom. The van der Waals surface area contributed by atoms with Crippen LogP contribution < -0.4 is 4.58 Å². The van der Waals surface area contributed by atoms with Gasteiger partial charge >= 0.3 is 0 Å². The second kappa shape index (κ2) is 10.7. The standard InChI is InChI=1S/C40H32N2O2/c1-5-11-27-17-21-29(22-18-27)41-25(3)35(31-13-7-9-15-33(31)41)37-39(43)38(40(37)44)36-26(4)42(34-16-10-8-14-32(34)36)30-23-19-28(12-6-2)20-24-30/h5-24H,1-4H3/p+1/b11-5+,12-6+. The molecule has 44 heavy (non-hydrogen) atoms. The maximum absolute atomic E-state index is 14.2. The van der Waals surface area contributed by atoms with Crippen molar-refractivity contribution in [2.75, 3.05) is 0 Å². The second-order valence-corrected chi connectivity index (χ2v) is 11.2. The number of rotatable bonds is 5. The molecule has 0 saturated heterocycles. The van der Waals surface area contributed by atoms with Gasteiger partial charge in [-0.15, -0.1) is 0 Å². The van der Waals surface area contributed by atoms with Gasteiger partial charge in [-0.3, -0.25) is 4.79 Å². The number of aliphatic hydroxyl groups is 1. The zero-order chi connectivity index (χ0) is 30.5. The van der Waals surface area contributed by atoms with Gasteiger partial charge in [0.1, 0.15) is 5.76 Å². The molecule has 1 aromatic heterocycles. The summed E-state index contributed by atoms with van der Waals surface area (Å²) >= 11 is 0. The summed E-state index contributed by atoms with van der Waals surface area (Å²) in [5.41, 5.74) is 11.4. The maximum atomic E-state index is 14.2. The molecule has 214 valence electrons. The van der Waals surface area contributed by atoms with Crippen molar-refractivity contribution in [1.29, 1.82) is 0 Å². The molecule has 0 amide bonds. The molecule has 2 heterocycles. The first-order chi connectivity index (χ1) is 21.4. The summed E-state index contributed by atoms with van der Waals surface area (Å²) in [7, 11) is 0. The first-order valence-electron chi connectivity index (χ1n) is 15.0. The Hall–Kier alpha value is -5.48. The van der Waals surface area contributed by atoms with E-state index in [1.54, 1.807) is 0 Å². The van der Waals surface area contributed by atoms with E-state index in [-0.39, 0.29) is 11.5 Å². The zero-order valence-corrected chi connectivity index (χ0v) is 25.3. The molecule has 0 saturated carbocycles. The Bertz CT molecular complexity index is 2150. The fourth-order valence-corrected chi connectivity index (χ4v) is 6.75. The predicted octanol–water partition coefficient (Wildman–Crippen LogP) is 9.62. The minimum absolute atomic E-state index is 0.0545. The molecule has 5 aromatic rings. The summed E-state index contributed by atoms with van der Waals surface area (Å²) in [6.45, 7) is 8.06. The summed E-state index contributed by atoms with van der Waals surface area (Å²) in [6.07, 6.45) is 8.19. The van der Waals surface area contributed by atoms with Gasteiger partial charge in [-0.05, 0) is 68.3 Å². The maximum Gasteiger partial charge on any atom is 0.219 e. The minimum atomic E-state index is -0.133. The van der Waals surface area contributed by atoms with Crippen LogP contribution in [0.5, 0.6) is 0 Å². The van der Waals surface area contributed by atoms with Crippen LogP contribution in [0.25, 0.3) is 39.9 Å². The number of ketones is 1. The molecule has 0 spiro atoms. The van der Waals surface area contributed by atoms with Crippen LogP contribution in [-0.2, 0) is 4.79 Å². The smallest absolute Gasteiger partial charge is 0.219 e. The minimum Gasteiger partial charge on any atom is -0.506 e. The number of carbonyl (C=O) groups excluding carboxylic acids is 1. The van der Waals surface area contributed by atoms with Gasteiger partial charge < -0.3 is 9.67 Å². The van der Waals surface area contributed by atoms with Gasteiger partial charge in [0.15, 0.2) is 5.71 Å². The molecule has 2 aliphatic rings. The number of aliphatic hydroxyl groups excluding tert-OH is 1. The molecule has 0 atom stereocenters. The van der Waals surface area contributed by atoms with Crippen molar-refractivity contribution in [3.8, 4) is 5.69 Å². The number of nitrogens with zero attached hydrogens (tertiary/aromatic N) is 2.